The van der Waals surface area contributed by atoms with Crippen LogP contribution in [0.15, 0.2) is 17.6 Å². The molecule has 0 fully saturated rings. The van der Waals surface area contributed by atoms with Crippen LogP contribution in [0.2, 0.25) is 0 Å². The van der Waals surface area contributed by atoms with Crippen LogP contribution in [-0.4, -0.2) is 18.3 Å². The molecule has 1 rings (SSSR count). The summed E-state index contributed by atoms with van der Waals surface area (Å²) in [7, 11) is 0. The second-order valence-corrected chi connectivity index (χ2v) is 2.57. The van der Waals surface area contributed by atoms with Crippen molar-refractivity contribution in [1.82, 2.24) is 9.55 Å². The summed E-state index contributed by atoms with van der Waals surface area (Å²) in [6.07, 6.45) is 3.10. The highest BCUT2D eigenvalue weighted by atomic mass is 32.2. The maximum atomic E-state index is 10.4. The Bertz CT molecular complexity index is 246. The third kappa shape index (κ3) is 1.25. The van der Waals surface area contributed by atoms with Crippen molar-refractivity contribution in [2.75, 3.05) is 0 Å². The quantitative estimate of drug-likeness (QED) is 0.577. The van der Waals surface area contributed by atoms with E-state index in [0.717, 1.165) is 0 Å². The highest BCUT2D eigenvalue weighted by Gasteiger charge is 1.98. The molecule has 0 N–H and O–H groups in total. The number of aryl methyl sites for hydroxylation is 1. The average Bonchev–Trinajstić information content (AvgIpc) is 2.33. The van der Waals surface area contributed by atoms with E-state index in [9.17, 15) is 8.76 Å². The molecular weight excluding hydrogens is 152 g/mol. The predicted octanol–water partition coefficient (Wildman–Crippen LogP) is 0.141. The van der Waals surface area contributed by atoms with E-state index in [4.69, 9.17) is 0 Å². The average molecular weight is 159 g/mol. The number of imidazole rings is 1. The molecule has 4 nitrogen and oxygen atoms in total. The molecule has 1 atom stereocenters. The van der Waals surface area contributed by atoms with E-state index in [2.05, 4.69) is 4.98 Å². The first-order chi connectivity index (χ1) is 4.75. The van der Waals surface area contributed by atoms with Crippen molar-refractivity contribution < 1.29 is 8.76 Å². The lowest BCUT2D eigenvalue weighted by Gasteiger charge is -2.05. The van der Waals surface area contributed by atoms with Gasteiger partial charge in [0.25, 0.3) is 0 Å². The Kier molecular flexibility index (Phi) is 2.18. The van der Waals surface area contributed by atoms with Crippen LogP contribution in [0, 0.1) is 0 Å². The summed E-state index contributed by atoms with van der Waals surface area (Å²) in [5, 5.41) is 0.0995. The molecule has 0 aliphatic carbocycles. The van der Waals surface area contributed by atoms with Gasteiger partial charge < -0.3 is 9.12 Å². The van der Waals surface area contributed by atoms with Crippen LogP contribution in [0.3, 0.4) is 0 Å². The molecule has 5 heteroatoms. The highest BCUT2D eigenvalue weighted by molar-refractivity contribution is 7.79. The summed E-state index contributed by atoms with van der Waals surface area (Å²) in [5.41, 5.74) is 0. The topological polar surface area (TPSA) is 58.0 Å². The lowest BCUT2D eigenvalue weighted by atomic mass is 10.7. The molecule has 0 radical (unpaired) electrons. The first-order valence-electron chi connectivity index (χ1n) is 2.86. The van der Waals surface area contributed by atoms with Gasteiger partial charge in [-0.2, -0.15) is 0 Å². The molecule has 10 heavy (non-hydrogen) atoms. The van der Waals surface area contributed by atoms with Gasteiger partial charge >= 0.3 is 0 Å². The molecule has 0 bridgehead atoms. The van der Waals surface area contributed by atoms with E-state index in [0.29, 0.717) is 6.54 Å². The molecule has 0 aliphatic heterocycles. The highest BCUT2D eigenvalue weighted by Crippen LogP contribution is 2.00. The smallest absolute Gasteiger partial charge is 0.185 e. The van der Waals surface area contributed by atoms with Gasteiger partial charge in [0.05, 0.1) is 0 Å². The molecule has 56 valence electrons. The predicted molar refractivity (Wildman–Crippen MR) is 35.1 cm³/mol. The lowest BCUT2D eigenvalue weighted by Crippen LogP contribution is -2.02. The van der Waals surface area contributed by atoms with Crippen molar-refractivity contribution in [1.29, 1.82) is 0 Å². The minimum Gasteiger partial charge on any atom is -0.766 e. The summed E-state index contributed by atoms with van der Waals surface area (Å²) in [5.74, 6) is 0. The van der Waals surface area contributed by atoms with E-state index < -0.39 is 11.1 Å². The minimum atomic E-state index is -2.21. The Morgan fingerprint density at radius 1 is 1.90 bits per heavy atom. The fourth-order valence-corrected chi connectivity index (χ4v) is 1.22. The Balaban J connectivity index is 3.01. The first kappa shape index (κ1) is 7.43. The second kappa shape index (κ2) is 2.94. The van der Waals surface area contributed by atoms with Gasteiger partial charge in [-0.3, -0.25) is 4.21 Å². The molecule has 0 aromatic carbocycles. The lowest BCUT2D eigenvalue weighted by molar-refractivity contribution is 0.516. The molecule has 0 saturated carbocycles. The van der Waals surface area contributed by atoms with E-state index in [1.807, 2.05) is 6.92 Å². The van der Waals surface area contributed by atoms with Gasteiger partial charge in [-0.25, -0.2) is 4.98 Å². The summed E-state index contributed by atoms with van der Waals surface area (Å²) in [6.45, 7) is 2.49. The number of rotatable bonds is 2. The SMILES string of the molecule is CCn1ccnc1S(=O)[O-]. The third-order valence-electron chi connectivity index (χ3n) is 1.17. The Morgan fingerprint density at radius 2 is 2.60 bits per heavy atom. The molecule has 1 heterocycles. The van der Waals surface area contributed by atoms with Gasteiger partial charge in [0.2, 0.25) is 0 Å². The van der Waals surface area contributed by atoms with E-state index in [1.165, 1.54) is 6.20 Å². The molecule has 0 amide bonds. The van der Waals surface area contributed by atoms with Crippen LogP contribution in [0.5, 0.6) is 0 Å². The van der Waals surface area contributed by atoms with E-state index in [1.54, 1.807) is 10.8 Å². The number of nitrogens with zero attached hydrogens (tertiary/aromatic N) is 2. The van der Waals surface area contributed by atoms with Gasteiger partial charge in [-0.05, 0) is 6.92 Å². The van der Waals surface area contributed by atoms with E-state index in [-0.39, 0.29) is 5.16 Å². The molecular formula is C5H7N2O2S-. The maximum absolute atomic E-state index is 10.4. The Labute approximate surface area is 61.2 Å². The summed E-state index contributed by atoms with van der Waals surface area (Å²) < 4.78 is 22.3. The standard InChI is InChI=1S/C5H8N2O2S/c1-2-7-4-3-6-5(7)10(8)9/h3-4H,2H2,1H3,(H,8,9)/p-1. The van der Waals surface area contributed by atoms with Crippen molar-refractivity contribution in [2.24, 2.45) is 0 Å². The fraction of sp³-hybridized carbons (Fsp3) is 0.400. The summed E-state index contributed by atoms with van der Waals surface area (Å²) in [4.78, 5) is 3.64. The molecule has 1 aromatic rings. The van der Waals surface area contributed by atoms with Crippen LogP contribution in [0.1, 0.15) is 6.92 Å². The number of aromatic nitrogens is 2. The zero-order valence-electron chi connectivity index (χ0n) is 5.48. The zero-order valence-corrected chi connectivity index (χ0v) is 6.30. The molecule has 0 saturated heterocycles. The normalized spacial score (nSPS) is 13.4. The van der Waals surface area contributed by atoms with Crippen molar-refractivity contribution in [3.63, 3.8) is 0 Å². The van der Waals surface area contributed by atoms with Gasteiger partial charge in [-0.1, -0.05) is 0 Å². The Morgan fingerprint density at radius 3 is 3.00 bits per heavy atom. The molecule has 1 aromatic heterocycles. The fourth-order valence-electron chi connectivity index (χ4n) is 0.695. The first-order valence-corrected chi connectivity index (χ1v) is 3.93. The van der Waals surface area contributed by atoms with Gasteiger partial charge in [0.15, 0.2) is 5.16 Å². The summed E-state index contributed by atoms with van der Waals surface area (Å²) >= 11 is -2.21. The summed E-state index contributed by atoms with van der Waals surface area (Å²) in [6, 6.07) is 0. The molecule has 1 unspecified atom stereocenters. The number of hydrogen-bond acceptors (Lipinski definition) is 3. The molecule has 0 aliphatic rings. The van der Waals surface area contributed by atoms with Crippen molar-refractivity contribution in [2.45, 2.75) is 18.6 Å². The monoisotopic (exact) mass is 159 g/mol. The van der Waals surface area contributed by atoms with Crippen LogP contribution in [0.4, 0.5) is 0 Å². The maximum Gasteiger partial charge on any atom is 0.185 e. The van der Waals surface area contributed by atoms with Crippen LogP contribution in [0.25, 0.3) is 0 Å². The van der Waals surface area contributed by atoms with E-state index >= 15 is 0 Å². The van der Waals surface area contributed by atoms with Crippen LogP contribution < -0.4 is 0 Å². The van der Waals surface area contributed by atoms with Crippen molar-refractivity contribution >= 4 is 11.1 Å². The van der Waals surface area contributed by atoms with Crippen LogP contribution in [-0.2, 0) is 17.6 Å². The zero-order chi connectivity index (χ0) is 7.56. The van der Waals surface area contributed by atoms with Gasteiger partial charge in [-0.15, -0.1) is 0 Å². The van der Waals surface area contributed by atoms with Gasteiger partial charge in [0.1, 0.15) is 0 Å². The molecule has 0 spiro atoms. The van der Waals surface area contributed by atoms with Crippen LogP contribution >= 0.6 is 0 Å². The van der Waals surface area contributed by atoms with Crippen molar-refractivity contribution in [3.05, 3.63) is 12.4 Å². The van der Waals surface area contributed by atoms with Crippen molar-refractivity contribution in [3.8, 4) is 0 Å². The second-order valence-electron chi connectivity index (χ2n) is 1.73. The third-order valence-corrected chi connectivity index (χ3v) is 1.81. The number of hydrogen-bond donors (Lipinski definition) is 0. The largest absolute Gasteiger partial charge is 0.766 e. The minimum absolute atomic E-state index is 0.0995. The Hall–Kier alpha value is -0.680. The van der Waals surface area contributed by atoms with Gasteiger partial charge in [0, 0.05) is 30.0 Å².